The van der Waals surface area contributed by atoms with Crippen LogP contribution in [0.2, 0.25) is 0 Å². The van der Waals surface area contributed by atoms with Gasteiger partial charge in [-0.3, -0.25) is 4.79 Å². The first-order valence-electron chi connectivity index (χ1n) is 7.08. The average molecular weight is 339 g/mol. The third-order valence-electron chi connectivity index (χ3n) is 3.98. The van der Waals surface area contributed by atoms with Gasteiger partial charge in [0.25, 0.3) is 0 Å². The molecule has 130 valence electrons. The molecule has 1 aliphatic heterocycles. The van der Waals surface area contributed by atoms with Gasteiger partial charge in [-0.2, -0.15) is 0 Å². The number of nitrogens with zero attached hydrogens (tertiary/aromatic N) is 3. The van der Waals surface area contributed by atoms with Crippen LogP contribution in [-0.2, 0) is 4.74 Å². The molecule has 0 bridgehead atoms. The van der Waals surface area contributed by atoms with Gasteiger partial charge < -0.3 is 41.2 Å². The van der Waals surface area contributed by atoms with E-state index in [1.807, 2.05) is 0 Å². The van der Waals surface area contributed by atoms with Gasteiger partial charge in [-0.15, -0.1) is 0 Å². The number of aliphatic hydroxyl groups excluding tert-OH is 4. The number of aliphatic hydroxyl groups is 4. The van der Waals surface area contributed by atoms with Gasteiger partial charge in [0, 0.05) is 6.20 Å². The maximum atomic E-state index is 12.4. The molecule has 24 heavy (non-hydrogen) atoms. The lowest BCUT2D eigenvalue weighted by Gasteiger charge is -2.22. The van der Waals surface area contributed by atoms with Crippen LogP contribution in [0.4, 0.5) is 5.82 Å². The molecule has 0 aromatic carbocycles. The van der Waals surface area contributed by atoms with Crippen molar-refractivity contribution in [2.75, 3.05) is 12.3 Å². The van der Waals surface area contributed by atoms with Crippen molar-refractivity contribution >= 4 is 16.9 Å². The monoisotopic (exact) mass is 339 g/mol. The Hall–Kier alpha value is -2.15. The molecule has 1 saturated heterocycles. The Labute approximate surface area is 134 Å². The lowest BCUT2D eigenvalue weighted by atomic mass is 10.1. The molecular weight excluding hydrogens is 322 g/mol. The molecule has 0 aliphatic carbocycles. The van der Waals surface area contributed by atoms with Gasteiger partial charge >= 0.3 is 0 Å². The smallest absolute Gasteiger partial charge is 0.201 e. The fourth-order valence-electron chi connectivity index (χ4n) is 2.73. The Balaban J connectivity index is 2.27. The maximum Gasteiger partial charge on any atom is 0.201 e. The molecule has 3 rings (SSSR count). The molecule has 0 saturated carbocycles. The number of fused-ring (bicyclic) bond motifs is 1. The second kappa shape index (κ2) is 6.05. The van der Waals surface area contributed by atoms with Crippen LogP contribution in [0.5, 0.6) is 0 Å². The predicted molar refractivity (Wildman–Crippen MR) is 80.4 cm³/mol. The topological polar surface area (TPSA) is 190 Å². The van der Waals surface area contributed by atoms with Gasteiger partial charge in [0.2, 0.25) is 5.43 Å². The van der Waals surface area contributed by atoms with Gasteiger partial charge in [0.05, 0.1) is 12.2 Å². The largest absolute Gasteiger partial charge is 0.394 e. The summed E-state index contributed by atoms with van der Waals surface area (Å²) in [6, 6.07) is 0. The summed E-state index contributed by atoms with van der Waals surface area (Å²) in [4.78, 5) is 20.1. The van der Waals surface area contributed by atoms with E-state index in [0.29, 0.717) is 0 Å². The first kappa shape index (κ1) is 16.7. The summed E-state index contributed by atoms with van der Waals surface area (Å²) in [5.41, 5.74) is 10.3. The van der Waals surface area contributed by atoms with Gasteiger partial charge in [-0.1, -0.05) is 0 Å². The van der Waals surface area contributed by atoms with Crippen LogP contribution in [0, 0.1) is 0 Å². The van der Waals surface area contributed by atoms with Crippen molar-refractivity contribution < 1.29 is 25.2 Å². The van der Waals surface area contributed by atoms with Crippen molar-refractivity contribution in [1.82, 2.24) is 14.5 Å². The summed E-state index contributed by atoms with van der Waals surface area (Å²) in [5.74, 6) is -0.131. The summed E-state index contributed by atoms with van der Waals surface area (Å²) < 4.78 is 6.66. The van der Waals surface area contributed by atoms with E-state index < -0.39 is 42.8 Å². The van der Waals surface area contributed by atoms with Gasteiger partial charge in [0.15, 0.2) is 11.9 Å². The van der Waals surface area contributed by atoms with Crippen LogP contribution in [0.15, 0.2) is 17.3 Å². The Morgan fingerprint density at radius 2 is 2.04 bits per heavy atom. The standard InChI is InChI=1S/C13H17N5O6/c14-10-6-7(20)4(11(15)23)1-18(12(6)17-3-16-10)13-9(22)8(21)5(2-19)24-13/h1,3,5,8-9,11,13,19,21-23H,2,15H2,(H2,14,16,17). The SMILES string of the molecule is Nc1ncnc2c1c(=O)c(C(N)O)cn2C1OC(CO)C(O)C1O. The van der Waals surface area contributed by atoms with E-state index in [9.17, 15) is 25.2 Å². The molecule has 1 fully saturated rings. The van der Waals surface area contributed by atoms with Crippen LogP contribution >= 0.6 is 0 Å². The molecule has 11 nitrogen and oxygen atoms in total. The summed E-state index contributed by atoms with van der Waals surface area (Å²) in [7, 11) is 0. The molecule has 11 heteroatoms. The second-order valence-electron chi connectivity index (χ2n) is 5.45. The van der Waals surface area contributed by atoms with E-state index in [2.05, 4.69) is 9.97 Å². The molecule has 2 aromatic rings. The first-order chi connectivity index (χ1) is 11.4. The third kappa shape index (κ3) is 2.43. The molecule has 5 unspecified atom stereocenters. The summed E-state index contributed by atoms with van der Waals surface area (Å²) >= 11 is 0. The number of pyridine rings is 1. The zero-order valence-corrected chi connectivity index (χ0v) is 12.4. The van der Waals surface area contributed by atoms with Crippen LogP contribution in [0.1, 0.15) is 18.0 Å². The number of hydrogen-bond donors (Lipinski definition) is 6. The van der Waals surface area contributed by atoms with E-state index >= 15 is 0 Å². The Bertz CT molecular complexity index is 824. The van der Waals surface area contributed by atoms with Gasteiger partial charge in [0.1, 0.15) is 42.1 Å². The summed E-state index contributed by atoms with van der Waals surface area (Å²) in [6.07, 6.45) is -4.27. The van der Waals surface area contributed by atoms with Crippen molar-refractivity contribution in [2.24, 2.45) is 5.73 Å². The maximum absolute atomic E-state index is 12.4. The highest BCUT2D eigenvalue weighted by Crippen LogP contribution is 2.31. The number of aromatic nitrogens is 3. The third-order valence-corrected chi connectivity index (χ3v) is 3.98. The fraction of sp³-hybridized carbons (Fsp3) is 0.462. The number of ether oxygens (including phenoxy) is 1. The number of rotatable bonds is 3. The van der Waals surface area contributed by atoms with Crippen LogP contribution in [-0.4, -0.2) is 59.9 Å². The van der Waals surface area contributed by atoms with E-state index in [0.717, 1.165) is 6.33 Å². The molecule has 0 amide bonds. The summed E-state index contributed by atoms with van der Waals surface area (Å²) in [5, 5.41) is 38.8. The normalized spacial score (nSPS) is 28.4. The molecule has 3 heterocycles. The zero-order chi connectivity index (χ0) is 17.6. The Kier molecular flexibility index (Phi) is 4.21. The number of nitrogens with two attached hydrogens (primary N) is 2. The lowest BCUT2D eigenvalue weighted by molar-refractivity contribution is -0.0513. The second-order valence-corrected chi connectivity index (χ2v) is 5.45. The van der Waals surface area contributed by atoms with Crippen molar-refractivity contribution in [3.8, 4) is 0 Å². The van der Waals surface area contributed by atoms with Crippen molar-refractivity contribution in [3.05, 3.63) is 28.3 Å². The molecule has 5 atom stereocenters. The molecule has 2 aromatic heterocycles. The minimum absolute atomic E-state index is 0.0340. The van der Waals surface area contributed by atoms with Crippen molar-refractivity contribution in [3.63, 3.8) is 0 Å². The van der Waals surface area contributed by atoms with Crippen molar-refractivity contribution in [1.29, 1.82) is 0 Å². The number of nitrogen functional groups attached to an aromatic ring is 1. The summed E-state index contributed by atoms with van der Waals surface area (Å²) in [6.45, 7) is -0.518. The molecule has 1 aliphatic rings. The van der Waals surface area contributed by atoms with Crippen LogP contribution in [0.3, 0.4) is 0 Å². The molecule has 0 spiro atoms. The highest BCUT2D eigenvalue weighted by atomic mass is 16.6. The minimum atomic E-state index is -1.61. The van der Waals surface area contributed by atoms with E-state index in [1.165, 1.54) is 10.8 Å². The molecular formula is C13H17N5O6. The van der Waals surface area contributed by atoms with Gasteiger partial charge in [-0.25, -0.2) is 9.97 Å². The highest BCUT2D eigenvalue weighted by Gasteiger charge is 2.44. The Morgan fingerprint density at radius 3 is 2.62 bits per heavy atom. The van der Waals surface area contributed by atoms with E-state index in [1.54, 1.807) is 0 Å². The predicted octanol–water partition coefficient (Wildman–Crippen LogP) is -3.07. The van der Waals surface area contributed by atoms with E-state index in [-0.39, 0.29) is 22.4 Å². The molecule has 8 N–H and O–H groups in total. The Morgan fingerprint density at radius 1 is 1.33 bits per heavy atom. The fourth-order valence-corrected chi connectivity index (χ4v) is 2.73. The lowest BCUT2D eigenvalue weighted by Crippen LogP contribution is -2.33. The van der Waals surface area contributed by atoms with Crippen LogP contribution < -0.4 is 16.9 Å². The minimum Gasteiger partial charge on any atom is -0.394 e. The number of anilines is 1. The van der Waals surface area contributed by atoms with Gasteiger partial charge in [-0.05, 0) is 0 Å². The first-order valence-corrected chi connectivity index (χ1v) is 7.08. The molecule has 0 radical (unpaired) electrons. The number of hydrogen-bond acceptors (Lipinski definition) is 10. The van der Waals surface area contributed by atoms with Crippen LogP contribution in [0.25, 0.3) is 11.0 Å². The highest BCUT2D eigenvalue weighted by molar-refractivity contribution is 5.85. The van der Waals surface area contributed by atoms with E-state index in [4.69, 9.17) is 16.2 Å². The van der Waals surface area contributed by atoms with Crippen molar-refractivity contribution in [2.45, 2.75) is 30.8 Å². The average Bonchev–Trinajstić information content (AvgIpc) is 2.83. The quantitative estimate of drug-likeness (QED) is 0.313. The zero-order valence-electron chi connectivity index (χ0n) is 12.4.